The number of benzene rings is 1. The smallest absolute Gasteiger partial charge is 0.306 e. The summed E-state index contributed by atoms with van der Waals surface area (Å²) in [6.07, 6.45) is 3.95. The Hall–Kier alpha value is -3.15. The highest BCUT2D eigenvalue weighted by atomic mass is 16.5. The molecule has 0 bridgehead atoms. The van der Waals surface area contributed by atoms with Crippen LogP contribution in [0.3, 0.4) is 0 Å². The summed E-state index contributed by atoms with van der Waals surface area (Å²) >= 11 is 0. The second-order valence-electron chi connectivity index (χ2n) is 5.75. The Labute approximate surface area is 144 Å². The summed E-state index contributed by atoms with van der Waals surface area (Å²) in [6.45, 7) is 0. The molecule has 0 saturated carbocycles. The van der Waals surface area contributed by atoms with E-state index in [1.807, 2.05) is 42.5 Å². The van der Waals surface area contributed by atoms with Gasteiger partial charge in [0.05, 0.1) is 13.5 Å². The van der Waals surface area contributed by atoms with Crippen molar-refractivity contribution >= 4 is 5.97 Å². The van der Waals surface area contributed by atoms with E-state index in [0.717, 1.165) is 16.8 Å². The Morgan fingerprint density at radius 3 is 2.52 bits per heavy atom. The van der Waals surface area contributed by atoms with E-state index in [2.05, 4.69) is 15.2 Å². The number of rotatable bonds is 6. The van der Waals surface area contributed by atoms with Gasteiger partial charge in [-0.1, -0.05) is 30.3 Å². The molecule has 0 aliphatic heterocycles. The molecule has 2 aromatic heterocycles. The highest BCUT2D eigenvalue weighted by Gasteiger charge is 2.25. The molecule has 2 N–H and O–H groups in total. The summed E-state index contributed by atoms with van der Waals surface area (Å²) in [5.41, 5.74) is 3.02. The summed E-state index contributed by atoms with van der Waals surface area (Å²) in [7, 11) is 1.35. The lowest BCUT2D eigenvalue weighted by Gasteiger charge is -2.16. The van der Waals surface area contributed by atoms with Crippen LogP contribution >= 0.6 is 0 Å². The average Bonchev–Trinajstić information content (AvgIpc) is 3.01. The lowest BCUT2D eigenvalue weighted by atomic mass is 9.88. The van der Waals surface area contributed by atoms with Gasteiger partial charge in [0, 0.05) is 36.0 Å². The van der Waals surface area contributed by atoms with Crippen LogP contribution in [0.1, 0.15) is 34.7 Å². The van der Waals surface area contributed by atoms with E-state index in [0.29, 0.717) is 12.0 Å². The normalized spacial score (nSPS) is 11.9. The van der Waals surface area contributed by atoms with Gasteiger partial charge < -0.3 is 9.84 Å². The highest BCUT2D eigenvalue weighted by molar-refractivity contribution is 5.71. The Morgan fingerprint density at radius 1 is 1.12 bits per heavy atom. The van der Waals surface area contributed by atoms with Crippen molar-refractivity contribution in [3.63, 3.8) is 0 Å². The quantitative estimate of drug-likeness (QED) is 0.676. The number of pyridine rings is 1. The molecule has 1 aromatic carbocycles. The number of carbonyl (C=O) groups is 1. The number of hydrogen-bond acceptors (Lipinski definition) is 4. The van der Waals surface area contributed by atoms with Crippen molar-refractivity contribution in [2.24, 2.45) is 0 Å². The summed E-state index contributed by atoms with van der Waals surface area (Å²) in [5, 5.41) is 5.61. The number of aromatic nitrogens is 3. The van der Waals surface area contributed by atoms with Crippen LogP contribution in [0.15, 0.2) is 59.7 Å². The van der Waals surface area contributed by atoms with Crippen molar-refractivity contribution < 1.29 is 9.53 Å². The zero-order chi connectivity index (χ0) is 17.6. The van der Waals surface area contributed by atoms with Crippen molar-refractivity contribution in [3.05, 3.63) is 87.6 Å². The first kappa shape index (κ1) is 16.7. The van der Waals surface area contributed by atoms with Gasteiger partial charge in [0.2, 0.25) is 0 Å². The average molecular weight is 337 g/mol. The summed E-state index contributed by atoms with van der Waals surface area (Å²) < 4.78 is 4.82. The Bertz CT molecular complexity index is 885. The third kappa shape index (κ3) is 3.85. The topological polar surface area (TPSA) is 87.8 Å². The molecule has 0 aliphatic carbocycles. The molecule has 3 aromatic rings. The third-order valence-corrected chi connectivity index (χ3v) is 4.18. The molecular formula is C19H19N3O3. The molecule has 0 unspecified atom stereocenters. The number of H-pyrrole nitrogens is 2. The SMILES string of the molecule is COC(=O)C[C@@H](c1ccncc1)c1c(Cc2ccccc2)[nH][nH]c1=O. The fourth-order valence-corrected chi connectivity index (χ4v) is 2.94. The molecule has 25 heavy (non-hydrogen) atoms. The predicted molar refractivity (Wildman–Crippen MR) is 93.4 cm³/mol. The molecule has 0 spiro atoms. The first-order valence-corrected chi connectivity index (χ1v) is 7.99. The Morgan fingerprint density at radius 2 is 1.84 bits per heavy atom. The van der Waals surface area contributed by atoms with E-state index in [1.165, 1.54) is 7.11 Å². The van der Waals surface area contributed by atoms with Crippen LogP contribution < -0.4 is 5.56 Å². The van der Waals surface area contributed by atoms with Crippen LogP contribution in [0, 0.1) is 0 Å². The number of nitrogens with zero attached hydrogens (tertiary/aromatic N) is 1. The number of hydrogen-bond donors (Lipinski definition) is 2. The van der Waals surface area contributed by atoms with Gasteiger partial charge in [-0.05, 0) is 23.3 Å². The molecule has 6 nitrogen and oxygen atoms in total. The lowest BCUT2D eigenvalue weighted by molar-refractivity contribution is -0.140. The minimum Gasteiger partial charge on any atom is -0.469 e. The molecule has 2 heterocycles. The number of ether oxygens (including phenoxy) is 1. The van der Waals surface area contributed by atoms with Crippen molar-refractivity contribution in [1.82, 2.24) is 15.2 Å². The lowest BCUT2D eigenvalue weighted by Crippen LogP contribution is -2.18. The van der Waals surface area contributed by atoms with Crippen LogP contribution in [0.5, 0.6) is 0 Å². The van der Waals surface area contributed by atoms with Crippen LogP contribution in [-0.4, -0.2) is 28.3 Å². The Balaban J connectivity index is 2.02. The van der Waals surface area contributed by atoms with Crippen molar-refractivity contribution in [2.45, 2.75) is 18.8 Å². The van der Waals surface area contributed by atoms with Gasteiger partial charge in [0.15, 0.2) is 0 Å². The second-order valence-corrected chi connectivity index (χ2v) is 5.75. The minimum atomic E-state index is -0.399. The standard InChI is InChI=1S/C19H19N3O3/c1-25-17(23)12-15(14-7-9-20-10-8-14)18-16(21-22-19(18)24)11-13-5-3-2-4-6-13/h2-10,15H,11-12H2,1H3,(H2,21,22,24)/t15-/m0/s1. The van der Waals surface area contributed by atoms with Crippen molar-refractivity contribution in [1.29, 1.82) is 0 Å². The van der Waals surface area contributed by atoms with Crippen LogP contribution in [0.25, 0.3) is 0 Å². The van der Waals surface area contributed by atoms with E-state index in [4.69, 9.17) is 4.74 Å². The zero-order valence-electron chi connectivity index (χ0n) is 13.9. The van der Waals surface area contributed by atoms with E-state index in [-0.39, 0.29) is 17.9 Å². The summed E-state index contributed by atoms with van der Waals surface area (Å²) in [4.78, 5) is 28.4. The van der Waals surface area contributed by atoms with Crippen LogP contribution in [0.4, 0.5) is 0 Å². The van der Waals surface area contributed by atoms with Gasteiger partial charge in [-0.25, -0.2) is 0 Å². The molecule has 128 valence electrons. The predicted octanol–water partition coefficient (Wildman–Crippen LogP) is 2.38. The number of nitrogens with one attached hydrogen (secondary N) is 2. The zero-order valence-corrected chi connectivity index (χ0v) is 13.9. The summed E-state index contributed by atoms with van der Waals surface area (Å²) in [5.74, 6) is -0.766. The molecule has 0 aliphatic rings. The highest BCUT2D eigenvalue weighted by Crippen LogP contribution is 2.28. The second kappa shape index (κ2) is 7.61. The molecule has 3 rings (SSSR count). The van der Waals surface area contributed by atoms with Gasteiger partial charge in [-0.3, -0.25) is 19.7 Å². The van der Waals surface area contributed by atoms with E-state index < -0.39 is 5.92 Å². The fraction of sp³-hybridized carbons (Fsp3) is 0.211. The van der Waals surface area contributed by atoms with E-state index in [9.17, 15) is 9.59 Å². The van der Waals surface area contributed by atoms with Crippen LogP contribution in [0.2, 0.25) is 0 Å². The number of esters is 1. The molecule has 6 heteroatoms. The molecular weight excluding hydrogens is 318 g/mol. The first-order chi connectivity index (χ1) is 12.2. The molecule has 0 saturated heterocycles. The minimum absolute atomic E-state index is 0.0865. The van der Waals surface area contributed by atoms with Crippen molar-refractivity contribution in [2.75, 3.05) is 7.11 Å². The Kier molecular flexibility index (Phi) is 5.09. The maximum absolute atomic E-state index is 12.5. The number of carbonyl (C=O) groups excluding carboxylic acids is 1. The van der Waals surface area contributed by atoms with Crippen LogP contribution in [-0.2, 0) is 16.0 Å². The summed E-state index contributed by atoms with van der Waals surface area (Å²) in [6, 6.07) is 13.5. The van der Waals surface area contributed by atoms with Gasteiger partial charge in [0.1, 0.15) is 0 Å². The van der Waals surface area contributed by atoms with Gasteiger partial charge in [-0.15, -0.1) is 0 Å². The molecule has 0 radical (unpaired) electrons. The largest absolute Gasteiger partial charge is 0.469 e. The van der Waals surface area contributed by atoms with E-state index in [1.54, 1.807) is 12.4 Å². The maximum atomic E-state index is 12.5. The van der Waals surface area contributed by atoms with E-state index >= 15 is 0 Å². The first-order valence-electron chi connectivity index (χ1n) is 7.99. The third-order valence-electron chi connectivity index (χ3n) is 4.18. The number of methoxy groups -OCH3 is 1. The van der Waals surface area contributed by atoms with Crippen molar-refractivity contribution in [3.8, 4) is 0 Å². The fourth-order valence-electron chi connectivity index (χ4n) is 2.94. The molecule has 0 fully saturated rings. The maximum Gasteiger partial charge on any atom is 0.306 e. The van der Waals surface area contributed by atoms with Gasteiger partial charge >= 0.3 is 5.97 Å². The molecule has 1 atom stereocenters. The van der Waals surface area contributed by atoms with Gasteiger partial charge in [0.25, 0.3) is 5.56 Å². The molecule has 0 amide bonds. The monoisotopic (exact) mass is 337 g/mol. The number of aromatic amines is 2. The van der Waals surface area contributed by atoms with Gasteiger partial charge in [-0.2, -0.15) is 0 Å².